The molecule has 1 aromatic rings. The highest BCUT2D eigenvalue weighted by atomic mass is 127. The summed E-state index contributed by atoms with van der Waals surface area (Å²) in [5, 5.41) is 3.14. The Balaban J connectivity index is 0.00000243. The van der Waals surface area contributed by atoms with Crippen molar-refractivity contribution in [3.8, 4) is 0 Å². The molecule has 8 heteroatoms. The molecule has 0 saturated carbocycles. The number of hydrogen-bond donors (Lipinski definition) is 1. The topological polar surface area (TPSA) is 61.0 Å². The van der Waals surface area contributed by atoms with Crippen LogP contribution in [0.25, 0.3) is 0 Å². The van der Waals surface area contributed by atoms with Crippen LogP contribution in [-0.2, 0) is 0 Å². The second kappa shape index (κ2) is 11.3. The molecule has 0 unspecified atom stereocenters. The summed E-state index contributed by atoms with van der Waals surface area (Å²) in [6.45, 7) is 10.8. The second-order valence-corrected chi connectivity index (χ2v) is 8.13. The summed E-state index contributed by atoms with van der Waals surface area (Å²) >= 11 is 1.70. The number of thiazole rings is 1. The van der Waals surface area contributed by atoms with Gasteiger partial charge in [-0.2, -0.15) is 0 Å². The summed E-state index contributed by atoms with van der Waals surface area (Å²) < 4.78 is 0. The lowest BCUT2D eigenvalue weighted by atomic mass is 9.99. The van der Waals surface area contributed by atoms with Gasteiger partial charge in [0.1, 0.15) is 0 Å². The van der Waals surface area contributed by atoms with E-state index in [4.69, 9.17) is 5.73 Å². The maximum atomic E-state index is 6.19. The van der Waals surface area contributed by atoms with E-state index in [1.165, 1.54) is 38.9 Å². The molecule has 0 spiro atoms. The smallest absolute Gasteiger partial charge is 0.191 e. The third-order valence-corrected chi connectivity index (χ3v) is 6.16. The molecule has 3 heterocycles. The first-order valence-corrected chi connectivity index (χ1v) is 10.5. The number of piperidine rings is 1. The van der Waals surface area contributed by atoms with Crippen molar-refractivity contribution in [3.63, 3.8) is 0 Å². The number of aliphatic imine (C=N–C) groups is 1. The lowest BCUT2D eigenvalue weighted by Gasteiger charge is -2.35. The molecule has 2 aliphatic heterocycles. The first kappa shape index (κ1) is 21.7. The van der Waals surface area contributed by atoms with Crippen molar-refractivity contribution >= 4 is 46.4 Å². The zero-order chi connectivity index (χ0) is 17.5. The molecular formula is C18H33IN6S. The molecule has 0 amide bonds. The van der Waals surface area contributed by atoms with Crippen LogP contribution in [0.5, 0.6) is 0 Å². The number of unbranched alkanes of at least 4 members (excludes halogenated alkanes) is 1. The van der Waals surface area contributed by atoms with Gasteiger partial charge in [-0.1, -0.05) is 6.92 Å². The van der Waals surface area contributed by atoms with Crippen LogP contribution in [-0.4, -0.2) is 73.1 Å². The monoisotopic (exact) mass is 492 g/mol. The van der Waals surface area contributed by atoms with Crippen LogP contribution in [0, 0.1) is 5.92 Å². The van der Waals surface area contributed by atoms with E-state index in [1.54, 1.807) is 11.3 Å². The molecule has 26 heavy (non-hydrogen) atoms. The van der Waals surface area contributed by atoms with Crippen molar-refractivity contribution in [2.75, 3.05) is 57.3 Å². The number of piperazine rings is 1. The van der Waals surface area contributed by atoms with E-state index >= 15 is 0 Å². The number of halogens is 1. The fourth-order valence-electron chi connectivity index (χ4n) is 3.53. The van der Waals surface area contributed by atoms with Gasteiger partial charge in [0.25, 0.3) is 0 Å². The zero-order valence-electron chi connectivity index (χ0n) is 15.8. The first-order valence-electron chi connectivity index (χ1n) is 9.64. The molecule has 0 aliphatic carbocycles. The summed E-state index contributed by atoms with van der Waals surface area (Å²) in [6, 6.07) is 0. The van der Waals surface area contributed by atoms with E-state index in [1.807, 2.05) is 11.6 Å². The second-order valence-electron chi connectivity index (χ2n) is 7.26. The largest absolute Gasteiger partial charge is 0.370 e. The minimum atomic E-state index is 0. The van der Waals surface area contributed by atoms with Crippen molar-refractivity contribution in [1.82, 2.24) is 14.8 Å². The number of aromatic nitrogens is 1. The van der Waals surface area contributed by atoms with Crippen LogP contribution in [0.3, 0.4) is 0 Å². The van der Waals surface area contributed by atoms with Crippen molar-refractivity contribution in [2.24, 2.45) is 16.6 Å². The number of likely N-dealkylation sites (tertiary alicyclic amines) is 1. The van der Waals surface area contributed by atoms with Crippen molar-refractivity contribution in [1.29, 1.82) is 0 Å². The highest BCUT2D eigenvalue weighted by Crippen LogP contribution is 2.19. The lowest BCUT2D eigenvalue weighted by Crippen LogP contribution is -2.51. The van der Waals surface area contributed by atoms with Crippen LogP contribution in [0.4, 0.5) is 5.13 Å². The number of nitrogens with zero attached hydrogens (tertiary/aromatic N) is 5. The number of guanidine groups is 1. The molecule has 2 N–H and O–H groups in total. The van der Waals surface area contributed by atoms with Crippen molar-refractivity contribution in [3.05, 3.63) is 11.6 Å². The normalized spacial score (nSPS) is 20.3. The summed E-state index contributed by atoms with van der Waals surface area (Å²) in [7, 11) is 0. The predicted molar refractivity (Wildman–Crippen MR) is 122 cm³/mol. The summed E-state index contributed by atoms with van der Waals surface area (Å²) in [4.78, 5) is 16.1. The average Bonchev–Trinajstić information content (AvgIpc) is 3.18. The van der Waals surface area contributed by atoms with Crippen LogP contribution in [0.1, 0.15) is 32.6 Å². The molecule has 0 atom stereocenters. The first-order chi connectivity index (χ1) is 12.2. The maximum Gasteiger partial charge on any atom is 0.191 e. The van der Waals surface area contributed by atoms with E-state index in [0.717, 1.165) is 50.2 Å². The van der Waals surface area contributed by atoms with Gasteiger partial charge in [0.2, 0.25) is 0 Å². The van der Waals surface area contributed by atoms with Gasteiger partial charge in [-0.05, 0) is 51.2 Å². The van der Waals surface area contributed by atoms with Gasteiger partial charge in [-0.25, -0.2) is 4.98 Å². The molecule has 2 fully saturated rings. The molecule has 148 valence electrons. The SMILES string of the molecule is CC1CCN(CCCCN=C(N)N2CCN(c3nccs3)CC2)CC1.I. The highest BCUT2D eigenvalue weighted by molar-refractivity contribution is 14.0. The van der Waals surface area contributed by atoms with Gasteiger partial charge in [0.15, 0.2) is 11.1 Å². The lowest BCUT2D eigenvalue weighted by molar-refractivity contribution is 0.190. The average molecular weight is 492 g/mol. The van der Waals surface area contributed by atoms with E-state index < -0.39 is 0 Å². The molecule has 2 aliphatic rings. The number of hydrogen-bond acceptors (Lipinski definition) is 5. The molecule has 1 aromatic heterocycles. The molecular weight excluding hydrogens is 459 g/mol. The Morgan fingerprint density at radius 2 is 1.92 bits per heavy atom. The molecule has 0 aromatic carbocycles. The fourth-order valence-corrected chi connectivity index (χ4v) is 4.22. The fraction of sp³-hybridized carbons (Fsp3) is 0.778. The Labute approximate surface area is 178 Å². The summed E-state index contributed by atoms with van der Waals surface area (Å²) in [6.07, 6.45) is 6.94. The highest BCUT2D eigenvalue weighted by Gasteiger charge is 2.19. The van der Waals surface area contributed by atoms with Gasteiger partial charge in [-0.15, -0.1) is 35.3 Å². The standard InChI is InChI=1S/C18H32N6S.HI/c1-16-4-9-22(10-5-16)8-3-2-6-20-17(19)23-11-13-24(14-12-23)18-21-7-15-25-18;/h7,15-16H,2-6,8-14H2,1H3,(H2,19,20);1H. The molecule has 6 nitrogen and oxygen atoms in total. The Morgan fingerprint density at radius 3 is 2.58 bits per heavy atom. The predicted octanol–water partition coefficient (Wildman–Crippen LogP) is 2.71. The van der Waals surface area contributed by atoms with Gasteiger partial charge in [0, 0.05) is 44.3 Å². The van der Waals surface area contributed by atoms with E-state index in [9.17, 15) is 0 Å². The van der Waals surface area contributed by atoms with Crippen LogP contribution >= 0.6 is 35.3 Å². The quantitative estimate of drug-likeness (QED) is 0.287. The van der Waals surface area contributed by atoms with Gasteiger partial charge < -0.3 is 20.4 Å². The van der Waals surface area contributed by atoms with Gasteiger partial charge in [0.05, 0.1) is 0 Å². The van der Waals surface area contributed by atoms with E-state index in [0.29, 0.717) is 5.96 Å². The van der Waals surface area contributed by atoms with Crippen LogP contribution in [0.2, 0.25) is 0 Å². The third-order valence-electron chi connectivity index (χ3n) is 5.33. The Kier molecular flexibility index (Phi) is 9.41. The van der Waals surface area contributed by atoms with Crippen LogP contribution < -0.4 is 10.6 Å². The van der Waals surface area contributed by atoms with Crippen molar-refractivity contribution in [2.45, 2.75) is 32.6 Å². The maximum absolute atomic E-state index is 6.19. The zero-order valence-corrected chi connectivity index (χ0v) is 19.0. The minimum Gasteiger partial charge on any atom is -0.370 e. The van der Waals surface area contributed by atoms with Crippen molar-refractivity contribution < 1.29 is 0 Å². The van der Waals surface area contributed by atoms with E-state index in [2.05, 4.69) is 31.6 Å². The Bertz CT molecular complexity index is 522. The van der Waals surface area contributed by atoms with E-state index in [-0.39, 0.29) is 24.0 Å². The Hall–Kier alpha value is -0.610. The molecule has 3 rings (SSSR count). The van der Waals surface area contributed by atoms with Gasteiger partial charge in [-0.3, -0.25) is 4.99 Å². The summed E-state index contributed by atoms with van der Waals surface area (Å²) in [5.41, 5.74) is 6.19. The third kappa shape index (κ3) is 6.53. The molecule has 0 radical (unpaired) electrons. The number of anilines is 1. The molecule has 0 bridgehead atoms. The summed E-state index contributed by atoms with van der Waals surface area (Å²) in [5.74, 6) is 1.63. The Morgan fingerprint density at radius 1 is 1.19 bits per heavy atom. The number of rotatable bonds is 6. The van der Waals surface area contributed by atoms with Gasteiger partial charge >= 0.3 is 0 Å². The minimum absolute atomic E-state index is 0. The van der Waals surface area contributed by atoms with Crippen LogP contribution in [0.15, 0.2) is 16.6 Å². The number of nitrogens with two attached hydrogens (primary N) is 1. The molecule has 2 saturated heterocycles.